The molecule has 2 aromatic rings. The number of halogens is 1. The number of aromatic nitrogens is 2. The van der Waals surface area contributed by atoms with Crippen molar-refractivity contribution < 1.29 is 8.42 Å². The van der Waals surface area contributed by atoms with Crippen molar-refractivity contribution in [2.24, 2.45) is 0 Å². The zero-order chi connectivity index (χ0) is 13.5. The van der Waals surface area contributed by atoms with Gasteiger partial charge >= 0.3 is 0 Å². The summed E-state index contributed by atoms with van der Waals surface area (Å²) in [6.07, 6.45) is 3.23. The van der Waals surface area contributed by atoms with E-state index in [0.29, 0.717) is 10.8 Å². The first-order chi connectivity index (χ1) is 9.06. The molecule has 0 radical (unpaired) electrons. The molecule has 0 spiro atoms. The Hall–Kier alpha value is -1.47. The van der Waals surface area contributed by atoms with E-state index in [4.69, 9.17) is 0 Å². The summed E-state index contributed by atoms with van der Waals surface area (Å²) in [7, 11) is -3.21. The van der Waals surface area contributed by atoms with E-state index in [1.54, 1.807) is 24.5 Å². The molecule has 98 valence electrons. The molecular formula is C12H10BrN3O2S. The fraction of sp³-hybridized carbons (Fsp3) is 0.167. The molecule has 0 bridgehead atoms. The Morgan fingerprint density at radius 2 is 1.89 bits per heavy atom. The number of anilines is 1. The lowest BCUT2D eigenvalue weighted by Gasteiger charge is -2.12. The molecule has 5 nitrogen and oxygen atoms in total. The lowest BCUT2D eigenvalue weighted by atomic mass is 10.1. The van der Waals surface area contributed by atoms with Crippen molar-refractivity contribution in [2.45, 2.75) is 10.9 Å². The Labute approximate surface area is 119 Å². The zero-order valence-corrected chi connectivity index (χ0v) is 12.1. The van der Waals surface area contributed by atoms with Crippen molar-refractivity contribution in [1.82, 2.24) is 9.97 Å². The van der Waals surface area contributed by atoms with Crippen molar-refractivity contribution in [3.63, 3.8) is 0 Å². The molecule has 1 N–H and O–H groups in total. The molecule has 0 saturated heterocycles. The molecule has 1 atom stereocenters. The molecule has 0 saturated carbocycles. The van der Waals surface area contributed by atoms with Gasteiger partial charge in [0, 0.05) is 12.4 Å². The molecule has 1 unspecified atom stereocenters. The van der Waals surface area contributed by atoms with E-state index in [9.17, 15) is 8.42 Å². The minimum Gasteiger partial charge on any atom is -0.346 e. The van der Waals surface area contributed by atoms with Gasteiger partial charge in [0.05, 0.1) is 21.2 Å². The van der Waals surface area contributed by atoms with Crippen LogP contribution in [0.3, 0.4) is 0 Å². The van der Waals surface area contributed by atoms with Crippen LogP contribution in [0.1, 0.15) is 11.6 Å². The first-order valence-corrected chi connectivity index (χ1v) is 8.06. The zero-order valence-electron chi connectivity index (χ0n) is 9.75. The number of rotatable bonds is 2. The van der Waals surface area contributed by atoms with Crippen molar-refractivity contribution in [3.05, 3.63) is 46.7 Å². The highest BCUT2D eigenvalue weighted by molar-refractivity contribution is 9.10. The van der Waals surface area contributed by atoms with Crippen LogP contribution in [-0.4, -0.2) is 24.1 Å². The van der Waals surface area contributed by atoms with Crippen molar-refractivity contribution in [2.75, 3.05) is 11.1 Å². The van der Waals surface area contributed by atoms with Crippen LogP contribution >= 0.6 is 15.9 Å². The minimum absolute atomic E-state index is 0.0335. The maximum atomic E-state index is 12.0. The summed E-state index contributed by atoms with van der Waals surface area (Å²) in [5.74, 6) is 0.450. The standard InChI is InChI=1S/C12H10BrN3O2S/c13-8-5-14-12(15-6-8)16-10-7-19(17,18)11-4-2-1-3-9(10)11/h1-6,10H,7H2,(H,14,15,16). The van der Waals surface area contributed by atoms with Gasteiger partial charge in [0.15, 0.2) is 9.84 Å². The maximum Gasteiger partial charge on any atom is 0.223 e. The van der Waals surface area contributed by atoms with Gasteiger partial charge in [-0.25, -0.2) is 18.4 Å². The highest BCUT2D eigenvalue weighted by Gasteiger charge is 2.34. The third kappa shape index (κ3) is 2.35. The lowest BCUT2D eigenvalue weighted by Crippen LogP contribution is -2.14. The Morgan fingerprint density at radius 1 is 1.21 bits per heavy atom. The van der Waals surface area contributed by atoms with Crippen LogP contribution in [0.5, 0.6) is 0 Å². The van der Waals surface area contributed by atoms with Gasteiger partial charge in [0.2, 0.25) is 5.95 Å². The van der Waals surface area contributed by atoms with Gasteiger partial charge in [-0.3, -0.25) is 0 Å². The van der Waals surface area contributed by atoms with Crippen molar-refractivity contribution in [3.8, 4) is 0 Å². The van der Waals surface area contributed by atoms with Gasteiger partial charge in [-0.1, -0.05) is 18.2 Å². The SMILES string of the molecule is O=S1(=O)CC(Nc2ncc(Br)cn2)c2ccccc21. The molecule has 2 heterocycles. The molecule has 0 amide bonds. The molecule has 1 aliphatic heterocycles. The fourth-order valence-corrected chi connectivity index (χ4v) is 4.05. The molecule has 1 aromatic carbocycles. The number of hydrogen-bond acceptors (Lipinski definition) is 5. The molecule has 0 aliphatic carbocycles. The van der Waals surface area contributed by atoms with Gasteiger partial charge in [-0.2, -0.15) is 0 Å². The average Bonchev–Trinajstić information content (AvgIpc) is 2.65. The maximum absolute atomic E-state index is 12.0. The van der Waals surface area contributed by atoms with Crippen LogP contribution in [0.4, 0.5) is 5.95 Å². The second-order valence-corrected chi connectivity index (χ2v) is 7.16. The van der Waals surface area contributed by atoms with Crippen LogP contribution in [0, 0.1) is 0 Å². The molecule has 3 rings (SSSR count). The van der Waals surface area contributed by atoms with Gasteiger partial charge in [0.1, 0.15) is 0 Å². The van der Waals surface area contributed by atoms with E-state index in [1.165, 1.54) is 0 Å². The van der Waals surface area contributed by atoms with Crippen LogP contribution in [0.15, 0.2) is 46.0 Å². The molecule has 0 fully saturated rings. The second-order valence-electron chi connectivity index (χ2n) is 4.24. The topological polar surface area (TPSA) is 72.0 Å². The van der Waals surface area contributed by atoms with Gasteiger partial charge in [0.25, 0.3) is 0 Å². The average molecular weight is 340 g/mol. The highest BCUT2D eigenvalue weighted by atomic mass is 79.9. The summed E-state index contributed by atoms with van der Waals surface area (Å²) in [6, 6.07) is 6.71. The third-order valence-corrected chi connectivity index (χ3v) is 5.16. The Balaban J connectivity index is 1.94. The quantitative estimate of drug-likeness (QED) is 0.907. The highest BCUT2D eigenvalue weighted by Crippen LogP contribution is 2.34. The largest absolute Gasteiger partial charge is 0.346 e. The molecule has 19 heavy (non-hydrogen) atoms. The number of sulfone groups is 1. The van der Waals surface area contributed by atoms with Gasteiger partial charge in [-0.05, 0) is 27.6 Å². The summed E-state index contributed by atoms with van der Waals surface area (Å²) in [5, 5.41) is 3.06. The molecule has 1 aliphatic rings. The summed E-state index contributed by atoms with van der Waals surface area (Å²) in [4.78, 5) is 8.59. The second kappa shape index (κ2) is 4.57. The predicted octanol–water partition coefficient (Wildman–Crippen LogP) is 2.18. The molecular weight excluding hydrogens is 330 g/mol. The predicted molar refractivity (Wildman–Crippen MR) is 74.6 cm³/mol. The molecule has 1 aromatic heterocycles. The minimum atomic E-state index is -3.21. The van der Waals surface area contributed by atoms with Crippen LogP contribution in [0.2, 0.25) is 0 Å². The summed E-state index contributed by atoms with van der Waals surface area (Å²) >= 11 is 3.25. The first-order valence-electron chi connectivity index (χ1n) is 5.62. The summed E-state index contributed by atoms with van der Waals surface area (Å²) < 4.78 is 24.8. The number of fused-ring (bicyclic) bond motifs is 1. The Bertz CT molecular complexity index is 716. The third-order valence-electron chi connectivity index (χ3n) is 2.94. The monoisotopic (exact) mass is 339 g/mol. The van der Waals surface area contributed by atoms with Gasteiger partial charge in [-0.15, -0.1) is 0 Å². The van der Waals surface area contributed by atoms with Crippen molar-refractivity contribution >= 4 is 31.7 Å². The summed E-state index contributed by atoms with van der Waals surface area (Å²) in [6.45, 7) is 0. The van der Waals surface area contributed by atoms with Gasteiger partial charge < -0.3 is 5.32 Å². The Kier molecular flexibility index (Phi) is 3.02. The van der Waals surface area contributed by atoms with E-state index < -0.39 is 9.84 Å². The fourth-order valence-electron chi connectivity index (χ4n) is 2.11. The van der Waals surface area contributed by atoms with E-state index >= 15 is 0 Å². The van der Waals surface area contributed by atoms with Crippen LogP contribution in [-0.2, 0) is 9.84 Å². The van der Waals surface area contributed by atoms with E-state index in [0.717, 1.165) is 10.0 Å². The number of nitrogens with one attached hydrogen (secondary N) is 1. The van der Waals surface area contributed by atoms with Crippen molar-refractivity contribution in [1.29, 1.82) is 0 Å². The normalized spacial score (nSPS) is 19.9. The number of hydrogen-bond donors (Lipinski definition) is 1. The first kappa shape index (κ1) is 12.6. The number of nitrogens with zero attached hydrogens (tertiary/aromatic N) is 2. The smallest absolute Gasteiger partial charge is 0.223 e. The molecule has 7 heteroatoms. The van der Waals surface area contributed by atoms with E-state index in [2.05, 4.69) is 31.2 Å². The van der Waals surface area contributed by atoms with Crippen LogP contribution < -0.4 is 5.32 Å². The van der Waals surface area contributed by atoms with E-state index in [1.807, 2.05) is 12.1 Å². The van der Waals surface area contributed by atoms with E-state index in [-0.39, 0.29) is 11.8 Å². The Morgan fingerprint density at radius 3 is 2.63 bits per heavy atom. The lowest BCUT2D eigenvalue weighted by molar-refractivity contribution is 0.598. The number of benzene rings is 1. The summed E-state index contributed by atoms with van der Waals surface area (Å²) in [5.41, 5.74) is 0.772. The van der Waals surface area contributed by atoms with Crippen LogP contribution in [0.25, 0.3) is 0 Å².